The molecule has 2 N–H and O–H groups in total. The number of nitro benzene ring substituents is 1. The van der Waals surface area contributed by atoms with Crippen LogP contribution in [0.25, 0.3) is 11.1 Å². The number of rotatable bonds is 6. The van der Waals surface area contributed by atoms with Gasteiger partial charge in [0.15, 0.2) is 0 Å². The molecular formula is C16H18N2O5S. The Bertz CT molecular complexity index is 845. The molecule has 0 heterocycles. The minimum absolute atomic E-state index is 0.0198. The monoisotopic (exact) mass is 350 g/mol. The quantitative estimate of drug-likeness (QED) is 0.614. The summed E-state index contributed by atoms with van der Waals surface area (Å²) in [6.07, 6.45) is 0. The highest BCUT2D eigenvalue weighted by Crippen LogP contribution is 2.30. The third kappa shape index (κ3) is 3.97. The first kappa shape index (κ1) is 18.1. The first-order valence-electron chi connectivity index (χ1n) is 7.15. The predicted octanol–water partition coefficient (Wildman–Crippen LogP) is 2.31. The van der Waals surface area contributed by atoms with Crippen LogP contribution in [0.2, 0.25) is 0 Å². The maximum atomic E-state index is 12.3. The molecule has 0 aliphatic rings. The minimum atomic E-state index is -3.80. The lowest BCUT2D eigenvalue weighted by molar-refractivity contribution is -0.384. The smallest absolute Gasteiger partial charge is 0.277 e. The van der Waals surface area contributed by atoms with Crippen molar-refractivity contribution < 1.29 is 18.4 Å². The van der Waals surface area contributed by atoms with E-state index in [0.717, 1.165) is 0 Å². The molecule has 8 heteroatoms. The van der Waals surface area contributed by atoms with E-state index in [1.807, 2.05) is 0 Å². The number of nitro groups is 1. The largest absolute Gasteiger partial charge is 0.394 e. The molecule has 0 atom stereocenters. The van der Waals surface area contributed by atoms with Gasteiger partial charge in [0.25, 0.3) is 5.69 Å². The molecule has 0 spiro atoms. The van der Waals surface area contributed by atoms with E-state index in [9.17, 15) is 23.6 Å². The van der Waals surface area contributed by atoms with Crippen molar-refractivity contribution in [2.45, 2.75) is 24.3 Å². The van der Waals surface area contributed by atoms with Crippen molar-refractivity contribution in [2.24, 2.45) is 0 Å². The number of benzene rings is 2. The van der Waals surface area contributed by atoms with Crippen molar-refractivity contribution in [3.8, 4) is 11.1 Å². The summed E-state index contributed by atoms with van der Waals surface area (Å²) in [5.74, 6) is 0. The van der Waals surface area contributed by atoms with Gasteiger partial charge in [-0.2, -0.15) is 0 Å². The molecule has 0 aromatic heterocycles. The van der Waals surface area contributed by atoms with Crippen molar-refractivity contribution in [3.05, 3.63) is 58.6 Å². The molecule has 0 fully saturated rings. The van der Waals surface area contributed by atoms with E-state index in [1.165, 1.54) is 30.3 Å². The normalized spacial score (nSPS) is 12.1. The molecule has 2 aromatic rings. The zero-order chi connectivity index (χ0) is 18.0. The molecule has 0 bridgehead atoms. The van der Waals surface area contributed by atoms with Crippen molar-refractivity contribution in [3.63, 3.8) is 0 Å². The molecule has 128 valence electrons. The summed E-state index contributed by atoms with van der Waals surface area (Å²) in [6, 6.07) is 12.0. The second-order valence-corrected chi connectivity index (χ2v) is 7.63. The lowest BCUT2D eigenvalue weighted by Crippen LogP contribution is -2.46. The van der Waals surface area contributed by atoms with Gasteiger partial charge in [-0.1, -0.05) is 24.3 Å². The van der Waals surface area contributed by atoms with Gasteiger partial charge in [-0.05, 0) is 37.6 Å². The highest BCUT2D eigenvalue weighted by atomic mass is 32.2. The second-order valence-electron chi connectivity index (χ2n) is 5.95. The van der Waals surface area contributed by atoms with Crippen LogP contribution >= 0.6 is 0 Å². The molecule has 0 saturated heterocycles. The van der Waals surface area contributed by atoms with Crippen LogP contribution in [0.1, 0.15) is 13.8 Å². The number of hydrogen-bond acceptors (Lipinski definition) is 5. The predicted molar refractivity (Wildman–Crippen MR) is 90.0 cm³/mol. The molecule has 0 unspecified atom stereocenters. The van der Waals surface area contributed by atoms with E-state index in [4.69, 9.17) is 0 Å². The Morgan fingerprint density at radius 2 is 1.71 bits per heavy atom. The van der Waals surface area contributed by atoms with Gasteiger partial charge >= 0.3 is 0 Å². The number of aliphatic hydroxyl groups is 1. The average Bonchev–Trinajstić information content (AvgIpc) is 2.54. The number of para-hydroxylation sites is 1. The molecule has 0 saturated carbocycles. The summed E-state index contributed by atoms with van der Waals surface area (Å²) >= 11 is 0. The number of sulfonamides is 1. The highest BCUT2D eigenvalue weighted by molar-refractivity contribution is 7.89. The third-order valence-electron chi connectivity index (χ3n) is 3.38. The van der Waals surface area contributed by atoms with Gasteiger partial charge in [0, 0.05) is 6.07 Å². The lowest BCUT2D eigenvalue weighted by atomic mass is 10.0. The van der Waals surface area contributed by atoms with Crippen LogP contribution in [-0.2, 0) is 10.0 Å². The van der Waals surface area contributed by atoms with Crippen LogP contribution in [-0.4, -0.2) is 30.6 Å². The number of nitrogens with one attached hydrogen (secondary N) is 1. The van der Waals surface area contributed by atoms with E-state index in [2.05, 4.69) is 4.72 Å². The van der Waals surface area contributed by atoms with Crippen molar-refractivity contribution in [1.82, 2.24) is 4.72 Å². The van der Waals surface area contributed by atoms with Crippen LogP contribution in [0, 0.1) is 10.1 Å². The van der Waals surface area contributed by atoms with Gasteiger partial charge in [0.05, 0.1) is 27.5 Å². The molecule has 0 radical (unpaired) electrons. The van der Waals surface area contributed by atoms with Crippen LogP contribution in [0.4, 0.5) is 5.69 Å². The molecule has 0 aliphatic carbocycles. The van der Waals surface area contributed by atoms with Gasteiger partial charge in [-0.3, -0.25) is 10.1 Å². The fourth-order valence-electron chi connectivity index (χ4n) is 2.15. The summed E-state index contributed by atoms with van der Waals surface area (Å²) < 4.78 is 27.0. The van der Waals surface area contributed by atoms with Crippen LogP contribution in [0.15, 0.2) is 53.4 Å². The van der Waals surface area contributed by atoms with Crippen molar-refractivity contribution in [1.29, 1.82) is 0 Å². The molecular weight excluding hydrogens is 332 g/mol. The standard InChI is InChI=1S/C16H18N2O5S/c1-16(2,11-19)17-24(22,23)13-9-7-12(8-10-13)14-5-3-4-6-15(14)18(20)21/h3-10,17,19H,11H2,1-2H3. The van der Waals surface area contributed by atoms with Gasteiger partial charge in [-0.15, -0.1) is 0 Å². The Morgan fingerprint density at radius 3 is 2.25 bits per heavy atom. The van der Waals surface area contributed by atoms with Gasteiger partial charge in [0.1, 0.15) is 0 Å². The average molecular weight is 350 g/mol. The third-order valence-corrected chi connectivity index (χ3v) is 5.10. The molecule has 2 aromatic carbocycles. The van der Waals surface area contributed by atoms with E-state index >= 15 is 0 Å². The fraction of sp³-hybridized carbons (Fsp3) is 0.250. The molecule has 0 aliphatic heterocycles. The number of hydrogen-bond donors (Lipinski definition) is 2. The molecule has 7 nitrogen and oxygen atoms in total. The van der Waals surface area contributed by atoms with Crippen molar-refractivity contribution >= 4 is 15.7 Å². The zero-order valence-electron chi connectivity index (χ0n) is 13.3. The minimum Gasteiger partial charge on any atom is -0.394 e. The molecule has 2 rings (SSSR count). The maximum absolute atomic E-state index is 12.3. The summed E-state index contributed by atoms with van der Waals surface area (Å²) in [4.78, 5) is 10.6. The Labute approximate surface area is 140 Å². The maximum Gasteiger partial charge on any atom is 0.277 e. The van der Waals surface area contributed by atoms with E-state index in [0.29, 0.717) is 11.1 Å². The van der Waals surface area contributed by atoms with Crippen LogP contribution in [0.3, 0.4) is 0 Å². The Kier molecular flexibility index (Phi) is 5.02. The number of nitrogens with zero attached hydrogens (tertiary/aromatic N) is 1. The second kappa shape index (κ2) is 6.68. The van der Waals surface area contributed by atoms with E-state index in [1.54, 1.807) is 32.0 Å². The summed E-state index contributed by atoms with van der Waals surface area (Å²) in [6.45, 7) is 2.78. The van der Waals surface area contributed by atoms with Crippen LogP contribution in [0.5, 0.6) is 0 Å². The van der Waals surface area contributed by atoms with Crippen molar-refractivity contribution in [2.75, 3.05) is 6.61 Å². The van der Waals surface area contributed by atoms with Crippen LogP contribution < -0.4 is 4.72 Å². The number of aliphatic hydroxyl groups excluding tert-OH is 1. The fourth-order valence-corrected chi connectivity index (χ4v) is 3.55. The summed E-state index contributed by atoms with van der Waals surface area (Å²) in [7, 11) is -3.80. The Hall–Kier alpha value is -2.29. The summed E-state index contributed by atoms with van der Waals surface area (Å²) in [5.41, 5.74) is -0.0826. The topological polar surface area (TPSA) is 110 Å². The summed E-state index contributed by atoms with van der Waals surface area (Å²) in [5, 5.41) is 20.3. The Balaban J connectivity index is 2.37. The van der Waals surface area contributed by atoms with Gasteiger partial charge < -0.3 is 5.11 Å². The SMILES string of the molecule is CC(C)(CO)NS(=O)(=O)c1ccc(-c2ccccc2[N+](=O)[O-])cc1. The Morgan fingerprint density at radius 1 is 1.12 bits per heavy atom. The lowest BCUT2D eigenvalue weighted by Gasteiger charge is -2.23. The zero-order valence-corrected chi connectivity index (χ0v) is 14.1. The highest BCUT2D eigenvalue weighted by Gasteiger charge is 2.25. The van der Waals surface area contributed by atoms with E-state index in [-0.39, 0.29) is 17.2 Å². The first-order chi connectivity index (χ1) is 11.2. The van der Waals surface area contributed by atoms with Gasteiger partial charge in [0.2, 0.25) is 10.0 Å². The van der Waals surface area contributed by atoms with E-state index < -0.39 is 20.5 Å². The molecule has 24 heavy (non-hydrogen) atoms. The first-order valence-corrected chi connectivity index (χ1v) is 8.63. The van der Waals surface area contributed by atoms with Gasteiger partial charge in [-0.25, -0.2) is 13.1 Å². The molecule has 0 amide bonds.